The number of benzene rings is 2. The molecule has 1 heterocycles. The molecule has 3 rings (SSSR count). The van der Waals surface area contributed by atoms with Crippen molar-refractivity contribution >= 4 is 28.4 Å². The normalized spacial score (nSPS) is 12.1. The van der Waals surface area contributed by atoms with Gasteiger partial charge in [0.25, 0.3) is 11.4 Å². The fourth-order valence-corrected chi connectivity index (χ4v) is 3.73. The van der Waals surface area contributed by atoms with Gasteiger partial charge in [0.2, 0.25) is 4.80 Å². The second-order valence-corrected chi connectivity index (χ2v) is 8.07. The number of aryl methyl sites for hydroxylation is 1. The minimum absolute atomic E-state index is 0.00521. The van der Waals surface area contributed by atoms with Crippen molar-refractivity contribution < 1.29 is 9.85 Å². The minimum atomic E-state index is -0.453. The molecule has 0 unspecified atom stereocenters. The number of hydrogen-bond donors (Lipinski definition) is 0. The first-order valence-electron chi connectivity index (χ1n) is 9.58. The van der Waals surface area contributed by atoms with Crippen LogP contribution >= 0.6 is 11.3 Å². The number of thiazole rings is 1. The average molecular weight is 452 g/mol. The summed E-state index contributed by atoms with van der Waals surface area (Å²) in [6.07, 6.45) is 0. The van der Waals surface area contributed by atoms with E-state index in [4.69, 9.17) is 5.10 Å². The highest BCUT2D eigenvalue weighted by atomic mass is 32.1. The van der Waals surface area contributed by atoms with Crippen LogP contribution in [0.15, 0.2) is 70.1 Å². The maximum atomic E-state index is 11.3. The molecule has 0 amide bonds. The molecule has 0 saturated heterocycles. The van der Waals surface area contributed by atoms with Crippen molar-refractivity contribution in [1.29, 1.82) is 0 Å². The molecule has 0 fully saturated rings. The van der Waals surface area contributed by atoms with Crippen molar-refractivity contribution in [2.24, 2.45) is 10.1 Å². The van der Waals surface area contributed by atoms with E-state index in [1.165, 1.54) is 29.5 Å². The van der Waals surface area contributed by atoms with Gasteiger partial charge in [-0.3, -0.25) is 25.2 Å². The number of nitrogens with zero attached hydrogens (tertiary/aromatic N) is 5. The number of rotatable bonds is 7. The van der Waals surface area contributed by atoms with Gasteiger partial charge < -0.3 is 0 Å². The molecule has 3 aromatic rings. The third-order valence-electron chi connectivity index (χ3n) is 4.62. The fraction of sp³-hybridized carbons (Fsp3) is 0.182. The molecule has 0 N–H and O–H groups in total. The lowest BCUT2D eigenvalue weighted by molar-refractivity contribution is -0.385. The van der Waals surface area contributed by atoms with Gasteiger partial charge in [0.05, 0.1) is 27.8 Å². The standard InChI is InChI=1S/C22H21N5O4S/c1-14(2)12-23-22-25(21(13-32-22)17-7-9-19(10-8-17)26(28)29)24-16(4)18-6-5-15(3)20(11-18)27(30)31/h5-11,13H,1,12H2,2-4H3. The van der Waals surface area contributed by atoms with Crippen molar-refractivity contribution in [2.45, 2.75) is 20.8 Å². The second-order valence-electron chi connectivity index (χ2n) is 7.24. The molecule has 0 radical (unpaired) electrons. The summed E-state index contributed by atoms with van der Waals surface area (Å²) in [5.41, 5.74) is 4.08. The van der Waals surface area contributed by atoms with E-state index in [1.54, 1.807) is 42.8 Å². The van der Waals surface area contributed by atoms with Crippen molar-refractivity contribution in [3.63, 3.8) is 0 Å². The number of aromatic nitrogens is 1. The van der Waals surface area contributed by atoms with Crippen LogP contribution in [-0.4, -0.2) is 26.8 Å². The zero-order valence-electron chi connectivity index (χ0n) is 17.8. The van der Waals surface area contributed by atoms with Crippen LogP contribution in [0.2, 0.25) is 0 Å². The summed E-state index contributed by atoms with van der Waals surface area (Å²) >= 11 is 1.38. The molecule has 32 heavy (non-hydrogen) atoms. The molecule has 9 nitrogen and oxygen atoms in total. The monoisotopic (exact) mass is 451 g/mol. The number of hydrogen-bond acceptors (Lipinski definition) is 7. The van der Waals surface area contributed by atoms with Crippen LogP contribution in [0, 0.1) is 27.2 Å². The summed E-state index contributed by atoms with van der Waals surface area (Å²) in [5.74, 6) is 0. The molecule has 10 heteroatoms. The molecule has 0 aliphatic carbocycles. The summed E-state index contributed by atoms with van der Waals surface area (Å²) in [7, 11) is 0. The van der Waals surface area contributed by atoms with E-state index in [1.807, 2.05) is 12.3 Å². The quantitative estimate of drug-likeness (QED) is 0.215. The molecule has 0 aliphatic rings. The lowest BCUT2D eigenvalue weighted by Crippen LogP contribution is -2.15. The number of nitro benzene ring substituents is 2. The van der Waals surface area contributed by atoms with Gasteiger partial charge in [0.1, 0.15) is 0 Å². The first-order valence-corrected chi connectivity index (χ1v) is 10.5. The first-order chi connectivity index (χ1) is 15.2. The van der Waals surface area contributed by atoms with E-state index in [9.17, 15) is 20.2 Å². The van der Waals surface area contributed by atoms with E-state index in [2.05, 4.69) is 11.6 Å². The zero-order chi connectivity index (χ0) is 23.4. The summed E-state index contributed by atoms with van der Waals surface area (Å²) < 4.78 is 1.65. The molecule has 1 aromatic heterocycles. The van der Waals surface area contributed by atoms with Crippen LogP contribution in [0.1, 0.15) is 25.0 Å². The van der Waals surface area contributed by atoms with Crippen molar-refractivity contribution in [3.8, 4) is 11.3 Å². The number of non-ortho nitro benzene ring substituents is 1. The highest BCUT2D eigenvalue weighted by Gasteiger charge is 2.14. The Morgan fingerprint density at radius 1 is 1.09 bits per heavy atom. The lowest BCUT2D eigenvalue weighted by Gasteiger charge is -2.07. The minimum Gasteiger partial charge on any atom is -0.258 e. The zero-order valence-corrected chi connectivity index (χ0v) is 18.6. The molecular weight excluding hydrogens is 430 g/mol. The first kappa shape index (κ1) is 22.8. The van der Waals surface area contributed by atoms with Gasteiger partial charge in [-0.1, -0.05) is 24.3 Å². The Morgan fingerprint density at radius 2 is 1.78 bits per heavy atom. The topological polar surface area (TPSA) is 116 Å². The van der Waals surface area contributed by atoms with Crippen LogP contribution in [0.25, 0.3) is 11.3 Å². The Hall–Kier alpha value is -3.92. The summed E-state index contributed by atoms with van der Waals surface area (Å²) in [5, 5.41) is 28.9. The van der Waals surface area contributed by atoms with Crippen LogP contribution in [0.3, 0.4) is 0 Å². The van der Waals surface area contributed by atoms with Crippen LogP contribution in [0.5, 0.6) is 0 Å². The Bertz CT molecular complexity index is 1300. The average Bonchev–Trinajstić information content (AvgIpc) is 3.14. The largest absolute Gasteiger partial charge is 0.272 e. The maximum Gasteiger partial charge on any atom is 0.272 e. The predicted octanol–water partition coefficient (Wildman–Crippen LogP) is 5.09. The molecular formula is C22H21N5O4S. The van der Waals surface area contributed by atoms with Gasteiger partial charge in [0.15, 0.2) is 0 Å². The molecule has 0 bridgehead atoms. The Kier molecular flexibility index (Phi) is 6.74. The Labute approximate surface area is 188 Å². The van der Waals surface area contributed by atoms with E-state index in [-0.39, 0.29) is 11.4 Å². The molecule has 164 valence electrons. The smallest absolute Gasteiger partial charge is 0.258 e. The molecule has 0 saturated carbocycles. The van der Waals surface area contributed by atoms with Crippen molar-refractivity contribution in [1.82, 2.24) is 4.68 Å². The number of nitro groups is 2. The van der Waals surface area contributed by atoms with E-state index >= 15 is 0 Å². The summed E-state index contributed by atoms with van der Waals surface area (Å²) in [6.45, 7) is 9.62. The van der Waals surface area contributed by atoms with Gasteiger partial charge in [-0.2, -0.15) is 5.10 Å². The van der Waals surface area contributed by atoms with E-state index < -0.39 is 9.85 Å². The summed E-state index contributed by atoms with van der Waals surface area (Å²) in [6, 6.07) is 11.1. The predicted molar refractivity (Wildman–Crippen MR) is 125 cm³/mol. The molecule has 0 aliphatic heterocycles. The molecule has 0 atom stereocenters. The summed E-state index contributed by atoms with van der Waals surface area (Å²) in [4.78, 5) is 26.6. The van der Waals surface area contributed by atoms with Crippen LogP contribution in [0.4, 0.5) is 11.4 Å². The van der Waals surface area contributed by atoms with Gasteiger partial charge >= 0.3 is 0 Å². The second kappa shape index (κ2) is 9.48. The highest BCUT2D eigenvalue weighted by molar-refractivity contribution is 7.07. The van der Waals surface area contributed by atoms with E-state index in [0.29, 0.717) is 33.9 Å². The third-order valence-corrected chi connectivity index (χ3v) is 5.47. The highest BCUT2D eigenvalue weighted by Crippen LogP contribution is 2.24. The van der Waals surface area contributed by atoms with Crippen molar-refractivity contribution in [3.05, 3.63) is 96.2 Å². The van der Waals surface area contributed by atoms with Gasteiger partial charge in [-0.15, -0.1) is 11.3 Å². The van der Waals surface area contributed by atoms with Crippen LogP contribution < -0.4 is 4.80 Å². The van der Waals surface area contributed by atoms with E-state index in [0.717, 1.165) is 11.1 Å². The maximum absolute atomic E-state index is 11.3. The Morgan fingerprint density at radius 3 is 2.38 bits per heavy atom. The van der Waals surface area contributed by atoms with Crippen molar-refractivity contribution in [2.75, 3.05) is 6.54 Å². The van der Waals surface area contributed by atoms with Gasteiger partial charge in [-0.25, -0.2) is 4.68 Å². The Balaban J connectivity index is 2.14. The molecule has 0 spiro atoms. The fourth-order valence-electron chi connectivity index (χ4n) is 2.90. The third kappa shape index (κ3) is 5.03. The van der Waals surface area contributed by atoms with Crippen LogP contribution in [-0.2, 0) is 0 Å². The SMILES string of the molecule is C=C(C)CN=c1scc(-c2ccc([N+](=O)[O-])cc2)n1N=C(C)c1ccc(C)c([N+](=O)[O-])c1. The van der Waals surface area contributed by atoms with Gasteiger partial charge in [-0.05, 0) is 32.9 Å². The van der Waals surface area contributed by atoms with Gasteiger partial charge in [0, 0.05) is 40.3 Å². The molecule has 2 aromatic carbocycles. The lowest BCUT2D eigenvalue weighted by atomic mass is 10.1.